The molecular weight excluding hydrogens is 244 g/mol. The van der Waals surface area contributed by atoms with Crippen molar-refractivity contribution in [3.05, 3.63) is 41.5 Å². The predicted molar refractivity (Wildman–Crippen MR) is 79.2 cm³/mol. The molecule has 96 valence electrons. The van der Waals surface area contributed by atoms with E-state index in [0.717, 1.165) is 5.56 Å². The maximum absolute atomic E-state index is 11.5. The minimum absolute atomic E-state index is 0.207. The Morgan fingerprint density at radius 3 is 2.44 bits per heavy atom. The summed E-state index contributed by atoms with van der Waals surface area (Å²) in [5.41, 5.74) is 2.18. The molecule has 0 fully saturated rings. The predicted octanol–water partition coefficient (Wildman–Crippen LogP) is 2.41. The van der Waals surface area contributed by atoms with Gasteiger partial charge in [-0.2, -0.15) is 0 Å². The van der Waals surface area contributed by atoms with E-state index in [2.05, 4.69) is 10.6 Å². The van der Waals surface area contributed by atoms with Crippen molar-refractivity contribution in [2.24, 2.45) is 0 Å². The highest BCUT2D eigenvalue weighted by molar-refractivity contribution is 7.80. The number of carbonyl (C=O) groups is 1. The Balaban J connectivity index is 2.49. The molecule has 2 N–H and O–H groups in total. The molecule has 0 aromatic heterocycles. The highest BCUT2D eigenvalue weighted by atomic mass is 32.1. The van der Waals surface area contributed by atoms with Gasteiger partial charge in [0.05, 0.1) is 0 Å². The molecule has 0 spiro atoms. The molecule has 1 rings (SSSR count). The van der Waals surface area contributed by atoms with Gasteiger partial charge in [0.25, 0.3) is 0 Å². The van der Waals surface area contributed by atoms with Gasteiger partial charge in [-0.1, -0.05) is 29.8 Å². The summed E-state index contributed by atoms with van der Waals surface area (Å²) in [6.07, 6.45) is 3.23. The van der Waals surface area contributed by atoms with Crippen LogP contribution in [0.25, 0.3) is 6.08 Å². The Morgan fingerprint density at radius 1 is 1.28 bits per heavy atom. The average Bonchev–Trinajstić information content (AvgIpc) is 2.27. The first kappa shape index (κ1) is 14.4. The molecule has 3 nitrogen and oxygen atoms in total. The molecule has 0 radical (unpaired) electrons. The number of aryl methyl sites for hydroxylation is 1. The first-order chi connectivity index (χ1) is 8.47. The molecule has 1 amide bonds. The molecule has 0 aliphatic heterocycles. The molecule has 0 aliphatic rings. The summed E-state index contributed by atoms with van der Waals surface area (Å²) in [5, 5.41) is 5.88. The number of nitrogens with one attached hydrogen (secondary N) is 2. The lowest BCUT2D eigenvalue weighted by Gasteiger charge is -2.10. The van der Waals surface area contributed by atoms with Crippen LogP contribution in [0.2, 0.25) is 0 Å². The fourth-order valence-corrected chi connectivity index (χ4v) is 1.64. The van der Waals surface area contributed by atoms with Gasteiger partial charge >= 0.3 is 0 Å². The second-order valence-corrected chi connectivity index (χ2v) is 4.77. The smallest absolute Gasteiger partial charge is 0.250 e. The van der Waals surface area contributed by atoms with Crippen LogP contribution in [0.3, 0.4) is 0 Å². The third kappa shape index (κ3) is 5.59. The second-order valence-electron chi connectivity index (χ2n) is 4.36. The van der Waals surface area contributed by atoms with Crippen molar-refractivity contribution in [1.29, 1.82) is 0 Å². The summed E-state index contributed by atoms with van der Waals surface area (Å²) >= 11 is 4.98. The SMILES string of the molecule is Cc1ccc(C=CC(=O)NC(=S)NC(C)C)cc1. The van der Waals surface area contributed by atoms with Gasteiger partial charge in [-0.25, -0.2) is 0 Å². The van der Waals surface area contributed by atoms with E-state index in [1.54, 1.807) is 6.08 Å². The highest BCUT2D eigenvalue weighted by Gasteiger charge is 2.01. The van der Waals surface area contributed by atoms with E-state index in [-0.39, 0.29) is 11.9 Å². The number of hydrogen-bond acceptors (Lipinski definition) is 2. The Hall–Kier alpha value is -1.68. The molecule has 0 atom stereocenters. The number of carbonyl (C=O) groups excluding carboxylic acids is 1. The van der Waals surface area contributed by atoms with Gasteiger partial charge in [0, 0.05) is 12.1 Å². The normalized spacial score (nSPS) is 10.7. The van der Waals surface area contributed by atoms with Gasteiger partial charge in [-0.3, -0.25) is 10.1 Å². The summed E-state index contributed by atoms with van der Waals surface area (Å²) in [6.45, 7) is 5.94. The van der Waals surface area contributed by atoms with Crippen LogP contribution in [0, 0.1) is 6.92 Å². The fraction of sp³-hybridized carbons (Fsp3) is 0.286. The number of benzene rings is 1. The summed E-state index contributed by atoms with van der Waals surface area (Å²) in [4.78, 5) is 11.5. The molecular formula is C14H18N2OS. The molecule has 0 aliphatic carbocycles. The molecule has 0 heterocycles. The first-order valence-electron chi connectivity index (χ1n) is 5.83. The first-order valence-corrected chi connectivity index (χ1v) is 6.24. The molecule has 0 unspecified atom stereocenters. The third-order valence-corrected chi connectivity index (χ3v) is 2.38. The molecule has 0 saturated carbocycles. The van der Waals surface area contributed by atoms with Gasteiger partial charge in [-0.15, -0.1) is 0 Å². The lowest BCUT2D eigenvalue weighted by Crippen LogP contribution is -2.41. The van der Waals surface area contributed by atoms with Crippen molar-refractivity contribution >= 4 is 29.3 Å². The molecule has 0 saturated heterocycles. The van der Waals surface area contributed by atoms with Gasteiger partial charge in [0.2, 0.25) is 5.91 Å². The van der Waals surface area contributed by atoms with E-state index in [9.17, 15) is 4.79 Å². The summed E-state index contributed by atoms with van der Waals surface area (Å²) in [5.74, 6) is -0.228. The minimum Gasteiger partial charge on any atom is -0.360 e. The van der Waals surface area contributed by atoms with Crippen LogP contribution < -0.4 is 10.6 Å². The number of hydrogen-bond donors (Lipinski definition) is 2. The van der Waals surface area contributed by atoms with E-state index in [0.29, 0.717) is 5.11 Å². The van der Waals surface area contributed by atoms with Crippen LogP contribution in [0.5, 0.6) is 0 Å². The van der Waals surface area contributed by atoms with Gasteiger partial charge in [-0.05, 0) is 44.6 Å². The lowest BCUT2D eigenvalue weighted by molar-refractivity contribution is -0.115. The van der Waals surface area contributed by atoms with Crippen molar-refractivity contribution in [3.63, 3.8) is 0 Å². The van der Waals surface area contributed by atoms with Gasteiger partial charge < -0.3 is 5.32 Å². The van der Waals surface area contributed by atoms with Crippen molar-refractivity contribution in [2.75, 3.05) is 0 Å². The number of rotatable bonds is 3. The van der Waals surface area contributed by atoms with Crippen molar-refractivity contribution in [2.45, 2.75) is 26.8 Å². The zero-order chi connectivity index (χ0) is 13.5. The fourth-order valence-electron chi connectivity index (χ4n) is 1.30. The average molecular weight is 262 g/mol. The molecule has 4 heteroatoms. The molecule has 1 aromatic carbocycles. The van der Waals surface area contributed by atoms with Crippen LogP contribution >= 0.6 is 12.2 Å². The Kier molecular flexibility index (Phi) is 5.52. The van der Waals surface area contributed by atoms with Crippen molar-refractivity contribution < 1.29 is 4.79 Å². The lowest BCUT2D eigenvalue weighted by atomic mass is 10.1. The van der Waals surface area contributed by atoms with Gasteiger partial charge in [0.15, 0.2) is 5.11 Å². The maximum atomic E-state index is 11.5. The van der Waals surface area contributed by atoms with E-state index in [4.69, 9.17) is 12.2 Å². The number of amides is 1. The summed E-state index contributed by atoms with van der Waals surface area (Å²) in [7, 11) is 0. The van der Waals surface area contributed by atoms with Crippen LogP contribution in [-0.4, -0.2) is 17.1 Å². The van der Waals surface area contributed by atoms with Gasteiger partial charge in [0.1, 0.15) is 0 Å². The van der Waals surface area contributed by atoms with Crippen LogP contribution in [0.15, 0.2) is 30.3 Å². The Morgan fingerprint density at radius 2 is 1.89 bits per heavy atom. The summed E-state index contributed by atoms with van der Waals surface area (Å²) < 4.78 is 0. The van der Waals surface area contributed by atoms with Crippen LogP contribution in [0.4, 0.5) is 0 Å². The molecule has 1 aromatic rings. The summed E-state index contributed by atoms with van der Waals surface area (Å²) in [6, 6.07) is 8.14. The topological polar surface area (TPSA) is 41.1 Å². The monoisotopic (exact) mass is 262 g/mol. The zero-order valence-electron chi connectivity index (χ0n) is 10.9. The van der Waals surface area contributed by atoms with E-state index >= 15 is 0 Å². The third-order valence-electron chi connectivity index (χ3n) is 2.16. The highest BCUT2D eigenvalue weighted by Crippen LogP contribution is 2.04. The molecule has 18 heavy (non-hydrogen) atoms. The van der Waals surface area contributed by atoms with Crippen molar-refractivity contribution in [3.8, 4) is 0 Å². The number of thiocarbonyl (C=S) groups is 1. The molecule has 0 bridgehead atoms. The Bertz CT molecular complexity index is 449. The quantitative estimate of drug-likeness (QED) is 0.649. The van der Waals surface area contributed by atoms with Crippen molar-refractivity contribution in [1.82, 2.24) is 10.6 Å². The second kappa shape index (κ2) is 6.91. The minimum atomic E-state index is -0.228. The van der Waals surface area contributed by atoms with E-state index < -0.39 is 0 Å². The van der Waals surface area contributed by atoms with E-state index in [1.165, 1.54) is 11.6 Å². The zero-order valence-corrected chi connectivity index (χ0v) is 11.7. The van der Waals surface area contributed by atoms with E-state index in [1.807, 2.05) is 45.0 Å². The maximum Gasteiger partial charge on any atom is 0.250 e. The largest absolute Gasteiger partial charge is 0.360 e. The standard InChI is InChI=1S/C14H18N2OS/c1-10(2)15-14(18)16-13(17)9-8-12-6-4-11(3)5-7-12/h4-10H,1-3H3,(H2,15,16,17,18). The van der Waals surface area contributed by atoms with Crippen LogP contribution in [0.1, 0.15) is 25.0 Å². The Labute approximate surface area is 113 Å². The van der Waals surface area contributed by atoms with Crippen LogP contribution in [-0.2, 0) is 4.79 Å².